The molecule has 3 nitrogen and oxygen atoms in total. The van der Waals surface area contributed by atoms with E-state index in [9.17, 15) is 0 Å². The van der Waals surface area contributed by atoms with Crippen LogP contribution in [0.1, 0.15) is 29.5 Å². The van der Waals surface area contributed by atoms with Crippen LogP contribution in [0.5, 0.6) is 0 Å². The van der Waals surface area contributed by atoms with Crippen LogP contribution < -0.4 is 0 Å². The van der Waals surface area contributed by atoms with Crippen LogP contribution in [0.25, 0.3) is 5.65 Å². The number of fused-ring (bicyclic) bond motifs is 1. The molecule has 0 radical (unpaired) electrons. The summed E-state index contributed by atoms with van der Waals surface area (Å²) < 4.78 is 2.12. The van der Waals surface area contributed by atoms with Gasteiger partial charge in [0.15, 0.2) is 11.5 Å². The number of hydrogen-bond donors (Lipinski definition) is 0. The summed E-state index contributed by atoms with van der Waals surface area (Å²) in [5.41, 5.74) is 2.21. The molecular weight excluding hydrogens is 206 g/mol. The first-order valence-corrected chi connectivity index (χ1v) is 6.32. The average Bonchev–Trinajstić information content (AvgIpc) is 2.82. The van der Waals surface area contributed by atoms with E-state index in [4.69, 9.17) is 0 Å². The van der Waals surface area contributed by atoms with Gasteiger partial charge in [0.05, 0.1) is 5.25 Å². The monoisotopic (exact) mass is 219 g/mol. The van der Waals surface area contributed by atoms with E-state index in [2.05, 4.69) is 39.9 Å². The summed E-state index contributed by atoms with van der Waals surface area (Å²) >= 11 is 2.00. The van der Waals surface area contributed by atoms with Crippen LogP contribution in [0.4, 0.5) is 0 Å². The molecule has 78 valence electrons. The van der Waals surface area contributed by atoms with Crippen molar-refractivity contribution >= 4 is 17.4 Å². The van der Waals surface area contributed by atoms with Gasteiger partial charge in [-0.05, 0) is 43.2 Å². The fourth-order valence-electron chi connectivity index (χ4n) is 2.01. The number of aryl methyl sites for hydroxylation is 1. The maximum Gasteiger partial charge on any atom is 0.161 e. The first kappa shape index (κ1) is 9.21. The zero-order valence-corrected chi connectivity index (χ0v) is 9.50. The highest BCUT2D eigenvalue weighted by Crippen LogP contribution is 2.38. The smallest absolute Gasteiger partial charge is 0.161 e. The Morgan fingerprint density at radius 2 is 2.40 bits per heavy atom. The molecule has 15 heavy (non-hydrogen) atoms. The highest BCUT2D eigenvalue weighted by Gasteiger charge is 2.22. The molecule has 1 atom stereocenters. The summed E-state index contributed by atoms with van der Waals surface area (Å²) in [7, 11) is 0. The molecule has 0 aromatic carbocycles. The number of aromatic nitrogens is 3. The van der Waals surface area contributed by atoms with Crippen molar-refractivity contribution in [3.05, 3.63) is 29.7 Å². The molecule has 1 aliphatic rings. The maximum atomic E-state index is 4.31. The van der Waals surface area contributed by atoms with Gasteiger partial charge in [-0.3, -0.25) is 4.40 Å². The van der Waals surface area contributed by atoms with Gasteiger partial charge in [0.2, 0.25) is 0 Å². The predicted molar refractivity (Wildman–Crippen MR) is 62.2 cm³/mol. The maximum absolute atomic E-state index is 4.31. The van der Waals surface area contributed by atoms with Crippen molar-refractivity contribution < 1.29 is 0 Å². The lowest BCUT2D eigenvalue weighted by atomic mass is 10.2. The third kappa shape index (κ3) is 1.53. The Balaban J connectivity index is 2.11. The van der Waals surface area contributed by atoms with Gasteiger partial charge in [-0.2, -0.15) is 11.8 Å². The summed E-state index contributed by atoms with van der Waals surface area (Å²) in [6.07, 6.45) is 4.62. The molecule has 1 saturated heterocycles. The largest absolute Gasteiger partial charge is 0.285 e. The zero-order valence-electron chi connectivity index (χ0n) is 8.68. The van der Waals surface area contributed by atoms with Crippen molar-refractivity contribution in [2.75, 3.05) is 5.75 Å². The molecule has 2 aromatic rings. The molecule has 2 aromatic heterocycles. The molecule has 3 rings (SSSR count). The number of nitrogens with zero attached hydrogens (tertiary/aromatic N) is 3. The van der Waals surface area contributed by atoms with Crippen LogP contribution in [0.15, 0.2) is 18.3 Å². The normalized spacial score (nSPS) is 21.3. The molecule has 0 N–H and O–H groups in total. The van der Waals surface area contributed by atoms with Crippen molar-refractivity contribution in [2.45, 2.75) is 25.0 Å². The molecule has 1 aliphatic heterocycles. The third-order valence-electron chi connectivity index (χ3n) is 2.81. The van der Waals surface area contributed by atoms with Crippen molar-refractivity contribution in [1.29, 1.82) is 0 Å². The van der Waals surface area contributed by atoms with Crippen LogP contribution in [0, 0.1) is 6.92 Å². The van der Waals surface area contributed by atoms with Crippen LogP contribution >= 0.6 is 11.8 Å². The second-order valence-corrected chi connectivity index (χ2v) is 5.30. The fraction of sp³-hybridized carbons (Fsp3) is 0.455. The van der Waals surface area contributed by atoms with Crippen LogP contribution in [0.3, 0.4) is 0 Å². The Bertz CT molecular complexity index is 486. The van der Waals surface area contributed by atoms with Gasteiger partial charge in [-0.15, -0.1) is 10.2 Å². The highest BCUT2D eigenvalue weighted by molar-refractivity contribution is 7.99. The molecule has 0 aliphatic carbocycles. The SMILES string of the molecule is Cc1ccn2c(C3CCCS3)nnc2c1. The van der Waals surface area contributed by atoms with Crippen molar-refractivity contribution in [1.82, 2.24) is 14.6 Å². The van der Waals surface area contributed by atoms with Gasteiger partial charge >= 0.3 is 0 Å². The third-order valence-corrected chi connectivity index (χ3v) is 4.18. The minimum Gasteiger partial charge on any atom is -0.285 e. The Hall–Kier alpha value is -1.03. The molecule has 1 fully saturated rings. The first-order chi connectivity index (χ1) is 7.34. The Kier molecular flexibility index (Phi) is 2.16. The van der Waals surface area contributed by atoms with Crippen molar-refractivity contribution in [3.8, 4) is 0 Å². The molecule has 4 heteroatoms. The minimum atomic E-state index is 0.544. The zero-order chi connectivity index (χ0) is 10.3. The molecule has 1 unspecified atom stereocenters. The van der Waals surface area contributed by atoms with E-state index >= 15 is 0 Å². The number of rotatable bonds is 1. The summed E-state index contributed by atoms with van der Waals surface area (Å²) in [6, 6.07) is 4.19. The lowest BCUT2D eigenvalue weighted by Gasteiger charge is -2.05. The van der Waals surface area contributed by atoms with E-state index in [1.807, 2.05) is 11.8 Å². The van der Waals surface area contributed by atoms with Crippen molar-refractivity contribution in [3.63, 3.8) is 0 Å². The van der Waals surface area contributed by atoms with Gasteiger partial charge in [-0.1, -0.05) is 0 Å². The standard InChI is InChI=1S/C11H13N3S/c1-8-4-5-14-10(7-8)12-13-11(14)9-3-2-6-15-9/h4-5,7,9H,2-3,6H2,1H3. The average molecular weight is 219 g/mol. The van der Waals surface area contributed by atoms with E-state index in [1.54, 1.807) is 0 Å². The summed E-state index contributed by atoms with van der Waals surface area (Å²) in [6.45, 7) is 2.08. The Morgan fingerprint density at radius 3 is 3.20 bits per heavy atom. The summed E-state index contributed by atoms with van der Waals surface area (Å²) in [4.78, 5) is 0. The molecule has 0 amide bonds. The lowest BCUT2D eigenvalue weighted by Crippen LogP contribution is -1.97. The Morgan fingerprint density at radius 1 is 1.47 bits per heavy atom. The van der Waals surface area contributed by atoms with Gasteiger partial charge in [0.1, 0.15) is 0 Å². The minimum absolute atomic E-state index is 0.544. The van der Waals surface area contributed by atoms with Gasteiger partial charge < -0.3 is 0 Å². The summed E-state index contributed by atoms with van der Waals surface area (Å²) in [5.74, 6) is 2.37. The number of thioether (sulfide) groups is 1. The number of pyridine rings is 1. The van der Waals surface area contributed by atoms with E-state index in [1.165, 1.54) is 24.2 Å². The summed E-state index contributed by atoms with van der Waals surface area (Å²) in [5, 5.41) is 9.08. The van der Waals surface area contributed by atoms with E-state index < -0.39 is 0 Å². The van der Waals surface area contributed by atoms with E-state index in [-0.39, 0.29) is 0 Å². The van der Waals surface area contributed by atoms with Crippen molar-refractivity contribution in [2.24, 2.45) is 0 Å². The van der Waals surface area contributed by atoms with Crippen LogP contribution in [-0.2, 0) is 0 Å². The topological polar surface area (TPSA) is 30.2 Å². The lowest BCUT2D eigenvalue weighted by molar-refractivity contribution is 0.766. The molecule has 0 spiro atoms. The molecule has 0 bridgehead atoms. The quantitative estimate of drug-likeness (QED) is 0.738. The van der Waals surface area contributed by atoms with Gasteiger partial charge in [0.25, 0.3) is 0 Å². The predicted octanol–water partition coefficient (Wildman–Crippen LogP) is 2.61. The fourth-order valence-corrected chi connectivity index (χ4v) is 3.27. The second kappa shape index (κ2) is 3.52. The highest BCUT2D eigenvalue weighted by atomic mass is 32.2. The molecule has 3 heterocycles. The second-order valence-electron chi connectivity index (χ2n) is 3.99. The first-order valence-electron chi connectivity index (χ1n) is 5.27. The molecule has 0 saturated carbocycles. The van der Waals surface area contributed by atoms with Gasteiger partial charge in [0, 0.05) is 6.20 Å². The van der Waals surface area contributed by atoms with Gasteiger partial charge in [-0.25, -0.2) is 0 Å². The number of hydrogen-bond acceptors (Lipinski definition) is 3. The Labute approximate surface area is 92.9 Å². The van der Waals surface area contributed by atoms with E-state index in [0.29, 0.717) is 5.25 Å². The van der Waals surface area contributed by atoms with Crippen LogP contribution in [0.2, 0.25) is 0 Å². The van der Waals surface area contributed by atoms with Crippen LogP contribution in [-0.4, -0.2) is 20.4 Å². The molecular formula is C11H13N3S. The van der Waals surface area contributed by atoms with E-state index in [0.717, 1.165) is 11.5 Å².